The molecule has 1 unspecified atom stereocenters. The Labute approximate surface area is 107 Å². The number of piperidine rings is 1. The Kier molecular flexibility index (Phi) is 4.15. The Morgan fingerprint density at radius 3 is 3.06 bits per heavy atom. The van der Waals surface area contributed by atoms with E-state index in [0.29, 0.717) is 17.9 Å². The molecule has 1 aromatic heterocycles. The molecule has 1 aromatic rings. The van der Waals surface area contributed by atoms with Gasteiger partial charge in [-0.05, 0) is 37.8 Å². The first-order valence-corrected chi connectivity index (χ1v) is 6.36. The fourth-order valence-electron chi connectivity index (χ4n) is 2.43. The number of nitrogens with zero attached hydrogens (tertiary/aromatic N) is 2. The van der Waals surface area contributed by atoms with Crippen LogP contribution in [0.3, 0.4) is 0 Å². The van der Waals surface area contributed by atoms with Crippen LogP contribution >= 0.6 is 0 Å². The number of pyridine rings is 1. The topological polar surface area (TPSA) is 79.5 Å². The van der Waals surface area contributed by atoms with Crippen molar-refractivity contribution in [1.82, 2.24) is 9.88 Å². The van der Waals surface area contributed by atoms with Gasteiger partial charge in [-0.3, -0.25) is 4.79 Å². The van der Waals surface area contributed by atoms with Crippen molar-refractivity contribution >= 4 is 11.7 Å². The maximum Gasteiger partial charge on any atom is 0.272 e. The zero-order chi connectivity index (χ0) is 13.0. The van der Waals surface area contributed by atoms with E-state index < -0.39 is 0 Å². The molecule has 0 radical (unpaired) electrons. The number of aliphatic hydroxyl groups excluding tert-OH is 1. The first-order valence-electron chi connectivity index (χ1n) is 6.36. The molecule has 0 bridgehead atoms. The summed E-state index contributed by atoms with van der Waals surface area (Å²) in [5.41, 5.74) is 5.99. The zero-order valence-corrected chi connectivity index (χ0v) is 10.4. The van der Waals surface area contributed by atoms with Crippen LogP contribution in [0.25, 0.3) is 0 Å². The predicted octanol–water partition coefficient (Wildman–Crippen LogP) is 1.04. The molecule has 1 aliphatic heterocycles. The predicted molar refractivity (Wildman–Crippen MR) is 69.0 cm³/mol. The highest BCUT2D eigenvalue weighted by Gasteiger charge is 2.27. The summed E-state index contributed by atoms with van der Waals surface area (Å²) in [7, 11) is 0. The van der Waals surface area contributed by atoms with Crippen molar-refractivity contribution < 1.29 is 9.90 Å². The molecule has 5 heteroatoms. The van der Waals surface area contributed by atoms with Crippen LogP contribution in [0.1, 0.15) is 36.2 Å². The number of rotatable bonds is 3. The molecule has 1 amide bonds. The number of aliphatic hydroxyl groups is 1. The first kappa shape index (κ1) is 12.8. The highest BCUT2D eigenvalue weighted by Crippen LogP contribution is 2.21. The van der Waals surface area contributed by atoms with Gasteiger partial charge in [-0.2, -0.15) is 0 Å². The van der Waals surface area contributed by atoms with Crippen LogP contribution in [0.2, 0.25) is 0 Å². The summed E-state index contributed by atoms with van der Waals surface area (Å²) in [6, 6.07) is 5.21. The van der Waals surface area contributed by atoms with Gasteiger partial charge in [0.05, 0.1) is 0 Å². The van der Waals surface area contributed by atoms with Gasteiger partial charge in [0.25, 0.3) is 5.91 Å². The Bertz CT molecular complexity index is 420. The van der Waals surface area contributed by atoms with E-state index in [9.17, 15) is 4.79 Å². The average molecular weight is 249 g/mol. The van der Waals surface area contributed by atoms with Gasteiger partial charge in [0, 0.05) is 19.2 Å². The number of amides is 1. The summed E-state index contributed by atoms with van der Waals surface area (Å²) in [6.45, 7) is 0.846. The summed E-state index contributed by atoms with van der Waals surface area (Å²) in [6.07, 6.45) is 3.71. The Morgan fingerprint density at radius 2 is 2.33 bits per heavy atom. The third-order valence-corrected chi connectivity index (χ3v) is 3.34. The van der Waals surface area contributed by atoms with Crippen molar-refractivity contribution in [1.29, 1.82) is 0 Å². The van der Waals surface area contributed by atoms with Crippen molar-refractivity contribution in [2.45, 2.75) is 31.7 Å². The highest BCUT2D eigenvalue weighted by molar-refractivity contribution is 5.92. The zero-order valence-electron chi connectivity index (χ0n) is 10.4. The number of nitrogens with two attached hydrogens (primary N) is 1. The molecule has 0 aromatic carbocycles. The maximum atomic E-state index is 12.4. The molecule has 2 rings (SSSR count). The van der Waals surface area contributed by atoms with Crippen LogP contribution < -0.4 is 5.73 Å². The number of carbonyl (C=O) groups is 1. The minimum Gasteiger partial charge on any atom is -0.396 e. The molecule has 0 aliphatic carbocycles. The first-order chi connectivity index (χ1) is 8.72. The van der Waals surface area contributed by atoms with E-state index in [0.717, 1.165) is 25.8 Å². The fourth-order valence-corrected chi connectivity index (χ4v) is 2.43. The molecule has 1 fully saturated rings. The molecule has 0 spiro atoms. The molecule has 98 valence electrons. The second-order valence-electron chi connectivity index (χ2n) is 4.61. The Balaban J connectivity index is 2.15. The summed E-state index contributed by atoms with van der Waals surface area (Å²) in [5.74, 6) is 0.275. The van der Waals surface area contributed by atoms with Gasteiger partial charge in [0.2, 0.25) is 0 Å². The Hall–Kier alpha value is -1.62. The van der Waals surface area contributed by atoms with Gasteiger partial charge in [-0.25, -0.2) is 4.98 Å². The fraction of sp³-hybridized carbons (Fsp3) is 0.538. The standard InChI is InChI=1S/C13H19N3O2/c14-12-6-3-5-11(15-12)13(18)16-8-2-1-4-10(16)7-9-17/h3,5-6,10,17H,1-2,4,7-9H2,(H2,14,15). The van der Waals surface area contributed by atoms with E-state index in [2.05, 4.69) is 4.98 Å². The smallest absolute Gasteiger partial charge is 0.272 e. The summed E-state index contributed by atoms with van der Waals surface area (Å²) in [5, 5.41) is 9.06. The second-order valence-corrected chi connectivity index (χ2v) is 4.61. The van der Waals surface area contributed by atoms with Crippen LogP contribution in [0.15, 0.2) is 18.2 Å². The van der Waals surface area contributed by atoms with E-state index in [1.807, 2.05) is 4.90 Å². The number of nitrogen functional groups attached to an aromatic ring is 1. The lowest BCUT2D eigenvalue weighted by Crippen LogP contribution is -2.44. The average Bonchev–Trinajstić information content (AvgIpc) is 2.39. The van der Waals surface area contributed by atoms with Gasteiger partial charge in [-0.15, -0.1) is 0 Å². The van der Waals surface area contributed by atoms with Gasteiger partial charge >= 0.3 is 0 Å². The van der Waals surface area contributed by atoms with Gasteiger partial charge in [0.15, 0.2) is 0 Å². The van der Waals surface area contributed by atoms with E-state index >= 15 is 0 Å². The molecule has 18 heavy (non-hydrogen) atoms. The SMILES string of the molecule is Nc1cccc(C(=O)N2CCCCC2CCO)n1. The minimum absolute atomic E-state index is 0.0829. The molecule has 0 saturated carbocycles. The van der Waals surface area contributed by atoms with E-state index in [1.165, 1.54) is 0 Å². The summed E-state index contributed by atoms with van der Waals surface area (Å²) < 4.78 is 0. The third-order valence-electron chi connectivity index (χ3n) is 3.34. The molecule has 1 atom stereocenters. The number of likely N-dealkylation sites (tertiary alicyclic amines) is 1. The van der Waals surface area contributed by atoms with Gasteiger partial charge in [-0.1, -0.05) is 6.07 Å². The van der Waals surface area contributed by atoms with Crippen LogP contribution in [0.5, 0.6) is 0 Å². The van der Waals surface area contributed by atoms with E-state index in [-0.39, 0.29) is 18.6 Å². The Morgan fingerprint density at radius 1 is 1.50 bits per heavy atom. The second kappa shape index (κ2) is 5.82. The molecular weight excluding hydrogens is 230 g/mol. The minimum atomic E-state index is -0.0829. The van der Waals surface area contributed by atoms with Crippen LogP contribution in [-0.4, -0.2) is 40.1 Å². The lowest BCUT2D eigenvalue weighted by molar-refractivity contribution is 0.0569. The molecule has 3 N–H and O–H groups in total. The monoisotopic (exact) mass is 249 g/mol. The van der Waals surface area contributed by atoms with Crippen molar-refractivity contribution in [2.24, 2.45) is 0 Å². The normalized spacial score (nSPS) is 19.8. The third kappa shape index (κ3) is 2.79. The largest absolute Gasteiger partial charge is 0.396 e. The van der Waals surface area contributed by atoms with Crippen LogP contribution in [0, 0.1) is 0 Å². The maximum absolute atomic E-state index is 12.4. The van der Waals surface area contributed by atoms with Crippen molar-refractivity contribution in [3.05, 3.63) is 23.9 Å². The quantitative estimate of drug-likeness (QED) is 0.839. The van der Waals surface area contributed by atoms with Crippen LogP contribution in [-0.2, 0) is 0 Å². The number of aromatic nitrogens is 1. The van der Waals surface area contributed by atoms with Crippen molar-refractivity contribution in [3.63, 3.8) is 0 Å². The highest BCUT2D eigenvalue weighted by atomic mass is 16.3. The number of carbonyl (C=O) groups excluding carboxylic acids is 1. The summed E-state index contributed by atoms with van der Waals surface area (Å²) >= 11 is 0. The van der Waals surface area contributed by atoms with Gasteiger partial charge in [0.1, 0.15) is 11.5 Å². The van der Waals surface area contributed by atoms with E-state index in [4.69, 9.17) is 10.8 Å². The number of hydrogen-bond acceptors (Lipinski definition) is 4. The lowest BCUT2D eigenvalue weighted by atomic mass is 9.99. The summed E-state index contributed by atoms with van der Waals surface area (Å²) in [4.78, 5) is 18.3. The van der Waals surface area contributed by atoms with E-state index in [1.54, 1.807) is 18.2 Å². The van der Waals surface area contributed by atoms with Crippen LogP contribution in [0.4, 0.5) is 5.82 Å². The lowest BCUT2D eigenvalue weighted by Gasteiger charge is -2.35. The molecular formula is C13H19N3O2. The van der Waals surface area contributed by atoms with Crippen molar-refractivity contribution in [2.75, 3.05) is 18.9 Å². The molecule has 1 aliphatic rings. The molecule has 2 heterocycles. The molecule has 1 saturated heterocycles. The molecule has 5 nitrogen and oxygen atoms in total. The van der Waals surface area contributed by atoms with Gasteiger partial charge < -0.3 is 15.7 Å². The number of anilines is 1. The van der Waals surface area contributed by atoms with Crippen molar-refractivity contribution in [3.8, 4) is 0 Å². The number of hydrogen-bond donors (Lipinski definition) is 2.